The number of carbonyl (C=O) groups is 2. The summed E-state index contributed by atoms with van der Waals surface area (Å²) in [5.41, 5.74) is 11.1. The molecule has 0 bridgehead atoms. The molecule has 0 fully saturated rings. The SMILES string of the molecule is Nc1ncccc1-c1nc2ncc(-c3ccc(F)cn3)cc2n1-c1ccc(CNC(=O)c2ccc(O)c(C=O)c2)cc1. The quantitative estimate of drug-likeness (QED) is 0.238. The topological polar surface area (TPSA) is 149 Å². The molecule has 0 aliphatic carbocycles. The van der Waals surface area contributed by atoms with Gasteiger partial charge in [0.25, 0.3) is 5.91 Å². The highest BCUT2D eigenvalue weighted by molar-refractivity contribution is 5.96. The third-order valence-corrected chi connectivity index (χ3v) is 6.68. The minimum atomic E-state index is -0.433. The number of nitrogen functional groups attached to an aromatic ring is 1. The minimum Gasteiger partial charge on any atom is -0.507 e. The zero-order valence-corrected chi connectivity index (χ0v) is 21.9. The first-order valence-electron chi connectivity index (χ1n) is 12.8. The number of amides is 1. The van der Waals surface area contributed by atoms with Crippen LogP contribution in [0.25, 0.3) is 39.5 Å². The predicted molar refractivity (Wildman–Crippen MR) is 154 cm³/mol. The maximum Gasteiger partial charge on any atom is 0.251 e. The Balaban J connectivity index is 1.35. The number of benzene rings is 2. The molecule has 1 amide bonds. The van der Waals surface area contributed by atoms with Gasteiger partial charge in [-0.15, -0.1) is 0 Å². The normalized spacial score (nSPS) is 11.0. The summed E-state index contributed by atoms with van der Waals surface area (Å²) in [6, 6.07) is 20.0. The van der Waals surface area contributed by atoms with Crippen molar-refractivity contribution < 1.29 is 19.1 Å². The lowest BCUT2D eigenvalue weighted by molar-refractivity contribution is 0.0951. The zero-order valence-electron chi connectivity index (χ0n) is 21.9. The fourth-order valence-corrected chi connectivity index (χ4v) is 4.53. The Labute approximate surface area is 238 Å². The van der Waals surface area contributed by atoms with E-state index in [2.05, 4.69) is 20.3 Å². The summed E-state index contributed by atoms with van der Waals surface area (Å²) in [6.07, 6.45) is 4.88. The molecule has 4 N–H and O–H groups in total. The van der Waals surface area contributed by atoms with Gasteiger partial charge in [0.2, 0.25) is 0 Å². The van der Waals surface area contributed by atoms with Crippen molar-refractivity contribution >= 4 is 29.2 Å². The molecule has 0 saturated carbocycles. The van der Waals surface area contributed by atoms with Gasteiger partial charge in [-0.1, -0.05) is 12.1 Å². The molecule has 0 atom stereocenters. The first kappa shape index (κ1) is 26.3. The minimum absolute atomic E-state index is 0.0393. The highest BCUT2D eigenvalue weighted by Crippen LogP contribution is 2.32. The maximum absolute atomic E-state index is 13.5. The van der Waals surface area contributed by atoms with Crippen molar-refractivity contribution in [1.82, 2.24) is 29.8 Å². The van der Waals surface area contributed by atoms with Gasteiger partial charge in [-0.05, 0) is 66.2 Å². The first-order chi connectivity index (χ1) is 20.4. The molecule has 11 heteroatoms. The van der Waals surface area contributed by atoms with Gasteiger partial charge in [0, 0.05) is 35.8 Å². The monoisotopic (exact) mass is 559 g/mol. The van der Waals surface area contributed by atoms with Crippen LogP contribution < -0.4 is 11.1 Å². The zero-order chi connectivity index (χ0) is 29.2. The van der Waals surface area contributed by atoms with E-state index < -0.39 is 5.82 Å². The maximum atomic E-state index is 13.5. The Bertz CT molecular complexity index is 1960. The van der Waals surface area contributed by atoms with Crippen LogP contribution in [0.5, 0.6) is 5.75 Å². The van der Waals surface area contributed by atoms with Crippen molar-refractivity contribution in [2.24, 2.45) is 0 Å². The molecule has 42 heavy (non-hydrogen) atoms. The highest BCUT2D eigenvalue weighted by Gasteiger charge is 2.19. The van der Waals surface area contributed by atoms with Crippen LogP contribution in [0.15, 0.2) is 91.4 Å². The lowest BCUT2D eigenvalue weighted by Crippen LogP contribution is -2.22. The number of hydrogen-bond donors (Lipinski definition) is 3. The van der Waals surface area contributed by atoms with E-state index in [1.165, 1.54) is 24.3 Å². The van der Waals surface area contributed by atoms with Crippen molar-refractivity contribution in [2.75, 3.05) is 5.73 Å². The molecule has 206 valence electrons. The number of fused-ring (bicyclic) bond motifs is 1. The van der Waals surface area contributed by atoms with E-state index in [9.17, 15) is 19.1 Å². The van der Waals surface area contributed by atoms with Gasteiger partial charge in [0.15, 0.2) is 17.8 Å². The average Bonchev–Trinajstić information content (AvgIpc) is 3.39. The second-order valence-corrected chi connectivity index (χ2v) is 9.38. The molecular weight excluding hydrogens is 537 g/mol. The van der Waals surface area contributed by atoms with E-state index in [0.29, 0.717) is 45.9 Å². The largest absolute Gasteiger partial charge is 0.507 e. The fraction of sp³-hybridized carbons (Fsp3) is 0.0323. The molecule has 6 rings (SSSR count). The molecule has 2 aromatic carbocycles. The molecule has 0 spiro atoms. The van der Waals surface area contributed by atoms with Gasteiger partial charge < -0.3 is 16.2 Å². The second kappa shape index (κ2) is 10.9. The molecule has 0 radical (unpaired) electrons. The van der Waals surface area contributed by atoms with Crippen LogP contribution in [0.2, 0.25) is 0 Å². The average molecular weight is 560 g/mol. The third-order valence-electron chi connectivity index (χ3n) is 6.68. The summed E-state index contributed by atoms with van der Waals surface area (Å²) < 4.78 is 15.4. The Morgan fingerprint density at radius 1 is 1.00 bits per heavy atom. The van der Waals surface area contributed by atoms with Crippen molar-refractivity contribution in [2.45, 2.75) is 6.54 Å². The number of imidazole rings is 1. The summed E-state index contributed by atoms with van der Waals surface area (Å²) in [5, 5.41) is 12.5. The van der Waals surface area contributed by atoms with Gasteiger partial charge in [-0.25, -0.2) is 19.3 Å². The summed E-state index contributed by atoms with van der Waals surface area (Å²) in [6.45, 7) is 0.228. The van der Waals surface area contributed by atoms with E-state index in [0.717, 1.165) is 17.4 Å². The van der Waals surface area contributed by atoms with E-state index in [1.54, 1.807) is 24.5 Å². The van der Waals surface area contributed by atoms with Gasteiger partial charge in [0.05, 0.1) is 28.5 Å². The van der Waals surface area contributed by atoms with Crippen LogP contribution in [-0.2, 0) is 6.54 Å². The summed E-state index contributed by atoms with van der Waals surface area (Å²) >= 11 is 0. The number of hydrogen-bond acceptors (Lipinski definition) is 8. The number of rotatable bonds is 7. The molecule has 4 heterocycles. The van der Waals surface area contributed by atoms with Crippen molar-refractivity contribution in [3.05, 3.63) is 114 Å². The third kappa shape index (κ3) is 5.02. The molecule has 0 unspecified atom stereocenters. The number of phenols is 1. The van der Waals surface area contributed by atoms with Crippen LogP contribution >= 0.6 is 0 Å². The van der Waals surface area contributed by atoms with Crippen LogP contribution in [0.4, 0.5) is 10.2 Å². The number of anilines is 1. The summed E-state index contributed by atoms with van der Waals surface area (Å²) in [7, 11) is 0. The van der Waals surface area contributed by atoms with Crippen LogP contribution in [0, 0.1) is 5.82 Å². The number of nitrogens with two attached hydrogens (primary N) is 1. The summed E-state index contributed by atoms with van der Waals surface area (Å²) in [4.78, 5) is 41.4. The number of nitrogens with one attached hydrogen (secondary N) is 1. The van der Waals surface area contributed by atoms with E-state index in [-0.39, 0.29) is 29.3 Å². The Morgan fingerprint density at radius 2 is 1.83 bits per heavy atom. The number of aromatic nitrogens is 5. The molecule has 4 aromatic heterocycles. The number of aldehydes is 1. The number of aromatic hydroxyl groups is 1. The van der Waals surface area contributed by atoms with Gasteiger partial charge in [-0.2, -0.15) is 0 Å². The molecule has 0 aliphatic rings. The number of phenolic OH excluding ortho intramolecular Hbond substituents is 1. The lowest BCUT2D eigenvalue weighted by Gasteiger charge is -2.12. The van der Waals surface area contributed by atoms with Crippen molar-refractivity contribution in [3.8, 4) is 34.1 Å². The first-order valence-corrected chi connectivity index (χ1v) is 12.8. The second-order valence-electron chi connectivity index (χ2n) is 9.38. The van der Waals surface area contributed by atoms with E-state index >= 15 is 0 Å². The smallest absolute Gasteiger partial charge is 0.251 e. The number of halogens is 1. The van der Waals surface area contributed by atoms with Crippen LogP contribution in [0.3, 0.4) is 0 Å². The number of carbonyl (C=O) groups excluding carboxylic acids is 2. The highest BCUT2D eigenvalue weighted by atomic mass is 19.1. The van der Waals surface area contributed by atoms with Crippen LogP contribution in [-0.4, -0.2) is 41.8 Å². The van der Waals surface area contributed by atoms with E-state index in [4.69, 9.17) is 10.7 Å². The fourth-order valence-electron chi connectivity index (χ4n) is 4.53. The molecule has 10 nitrogen and oxygen atoms in total. The van der Waals surface area contributed by atoms with E-state index in [1.807, 2.05) is 41.0 Å². The van der Waals surface area contributed by atoms with Crippen molar-refractivity contribution in [1.29, 1.82) is 0 Å². The number of pyridine rings is 3. The predicted octanol–water partition coefficient (Wildman–Crippen LogP) is 4.71. The van der Waals surface area contributed by atoms with Crippen molar-refractivity contribution in [3.63, 3.8) is 0 Å². The van der Waals surface area contributed by atoms with Gasteiger partial charge >= 0.3 is 0 Å². The molecule has 0 aliphatic heterocycles. The Morgan fingerprint density at radius 3 is 2.57 bits per heavy atom. The van der Waals surface area contributed by atoms with Crippen LogP contribution in [0.1, 0.15) is 26.3 Å². The Hall–Kier alpha value is -5.97. The Kier molecular flexibility index (Phi) is 6.81. The van der Waals surface area contributed by atoms with Gasteiger partial charge in [0.1, 0.15) is 17.4 Å². The number of nitrogens with zero attached hydrogens (tertiary/aromatic N) is 5. The molecule has 0 saturated heterocycles. The summed E-state index contributed by atoms with van der Waals surface area (Å²) in [5.74, 6) is -0.164. The molecular formula is C31H22FN7O3. The van der Waals surface area contributed by atoms with Gasteiger partial charge in [-0.3, -0.25) is 19.1 Å². The lowest BCUT2D eigenvalue weighted by atomic mass is 10.1. The molecule has 6 aromatic rings. The standard InChI is InChI=1S/C31H22FN7O3/c32-22-6-9-25(35-16-22)20-13-26-29(36-15-20)38-30(24-2-1-11-34-28(24)33)39(26)23-7-3-18(4-8-23)14-37-31(42)19-5-10-27(41)21(12-19)17-40/h1-13,15-17,41H,14H2,(H2,33,34)(H,37,42).